The molecule has 6 nitrogen and oxygen atoms in total. The number of rotatable bonds is 5. The van der Waals surface area contributed by atoms with E-state index in [1.165, 1.54) is 23.3 Å². The Balaban J connectivity index is 1.89. The number of ether oxygens (including phenoxy) is 1. The molecule has 3 heterocycles. The first-order valence-electron chi connectivity index (χ1n) is 8.96. The van der Waals surface area contributed by atoms with E-state index in [4.69, 9.17) is 4.74 Å². The van der Waals surface area contributed by atoms with Gasteiger partial charge in [0.1, 0.15) is 11.5 Å². The summed E-state index contributed by atoms with van der Waals surface area (Å²) in [5, 5.41) is 13.0. The third-order valence-electron chi connectivity index (χ3n) is 4.81. The normalized spacial score (nSPS) is 18.2. The summed E-state index contributed by atoms with van der Waals surface area (Å²) >= 11 is 1.50. The van der Waals surface area contributed by atoms with Crippen LogP contribution in [0, 0.1) is 0 Å². The van der Waals surface area contributed by atoms with Gasteiger partial charge in [-0.15, -0.1) is 11.3 Å². The van der Waals surface area contributed by atoms with Crippen molar-refractivity contribution in [2.45, 2.75) is 12.6 Å². The average molecular weight is 406 g/mol. The number of likely N-dealkylation sites (tertiary alicyclic amines) is 1. The molecule has 0 radical (unpaired) electrons. The number of aromatic nitrogens is 1. The number of thiophene rings is 1. The van der Waals surface area contributed by atoms with Gasteiger partial charge in [0.25, 0.3) is 11.7 Å². The molecule has 0 bridgehead atoms. The van der Waals surface area contributed by atoms with E-state index in [9.17, 15) is 14.7 Å². The van der Waals surface area contributed by atoms with Crippen molar-refractivity contribution in [2.75, 3.05) is 7.11 Å². The minimum absolute atomic E-state index is 0.0315. The van der Waals surface area contributed by atoms with Gasteiger partial charge in [0.15, 0.2) is 0 Å². The number of hydrogen-bond acceptors (Lipinski definition) is 6. The lowest BCUT2D eigenvalue weighted by molar-refractivity contribution is -0.140. The number of benzene rings is 1. The minimum Gasteiger partial charge on any atom is -0.507 e. The Morgan fingerprint density at radius 1 is 1.17 bits per heavy atom. The smallest absolute Gasteiger partial charge is 0.295 e. The fraction of sp³-hybridized carbons (Fsp3) is 0.136. The van der Waals surface area contributed by atoms with Gasteiger partial charge in [-0.25, -0.2) is 0 Å². The Hall–Kier alpha value is -3.45. The van der Waals surface area contributed by atoms with E-state index in [2.05, 4.69) is 4.98 Å². The molecule has 3 aromatic rings. The molecule has 0 saturated carbocycles. The number of Topliss-reactive ketones (excluding diaryl/α,β-unsaturated/α-hetero) is 1. The second-order valence-corrected chi connectivity index (χ2v) is 7.53. The van der Waals surface area contributed by atoms with Crippen LogP contribution in [0.3, 0.4) is 0 Å². The quantitative estimate of drug-likeness (QED) is 0.396. The van der Waals surface area contributed by atoms with Crippen molar-refractivity contribution in [2.24, 2.45) is 0 Å². The molecule has 1 N–H and O–H groups in total. The maximum absolute atomic E-state index is 13.0. The van der Waals surface area contributed by atoms with Crippen LogP contribution in [0.15, 0.2) is 71.9 Å². The lowest BCUT2D eigenvalue weighted by Gasteiger charge is -2.24. The molecule has 1 unspecified atom stereocenters. The first-order chi connectivity index (χ1) is 14.1. The summed E-state index contributed by atoms with van der Waals surface area (Å²) in [6.07, 6.45) is 3.22. The molecule has 146 valence electrons. The van der Waals surface area contributed by atoms with E-state index in [1.807, 2.05) is 17.5 Å². The lowest BCUT2D eigenvalue weighted by Crippen LogP contribution is -2.28. The molecule has 1 aliphatic rings. The van der Waals surface area contributed by atoms with E-state index in [1.54, 1.807) is 48.8 Å². The van der Waals surface area contributed by atoms with Crippen LogP contribution < -0.4 is 4.74 Å². The SMILES string of the molecule is COc1ccccc1/C(O)=C1/C(=O)C(=O)N(Cc2cccs2)C1c1cccnc1. The van der Waals surface area contributed by atoms with E-state index in [-0.39, 0.29) is 17.9 Å². The highest BCUT2D eigenvalue weighted by Crippen LogP contribution is 2.41. The maximum atomic E-state index is 13.0. The molecule has 0 spiro atoms. The van der Waals surface area contributed by atoms with Crippen LogP contribution in [-0.2, 0) is 16.1 Å². The molecule has 1 atom stereocenters. The van der Waals surface area contributed by atoms with Gasteiger partial charge in [0, 0.05) is 17.3 Å². The molecule has 1 aromatic carbocycles. The molecule has 1 saturated heterocycles. The van der Waals surface area contributed by atoms with E-state index < -0.39 is 17.7 Å². The van der Waals surface area contributed by atoms with Gasteiger partial charge in [-0.1, -0.05) is 24.3 Å². The molecule has 4 rings (SSSR count). The Morgan fingerprint density at radius 2 is 2.00 bits per heavy atom. The number of carbonyl (C=O) groups is 2. The van der Waals surface area contributed by atoms with Crippen molar-refractivity contribution in [1.29, 1.82) is 0 Å². The molecule has 1 aliphatic heterocycles. The van der Waals surface area contributed by atoms with Crippen molar-refractivity contribution in [3.8, 4) is 5.75 Å². The summed E-state index contributed by atoms with van der Waals surface area (Å²) in [6.45, 7) is 0.268. The third kappa shape index (κ3) is 3.40. The van der Waals surface area contributed by atoms with Crippen LogP contribution in [0.2, 0.25) is 0 Å². The monoisotopic (exact) mass is 406 g/mol. The Morgan fingerprint density at radius 3 is 2.69 bits per heavy atom. The number of methoxy groups -OCH3 is 1. The summed E-state index contributed by atoms with van der Waals surface area (Å²) in [5.41, 5.74) is 1.04. The summed E-state index contributed by atoms with van der Waals surface area (Å²) in [4.78, 5) is 32.4. The Kier molecular flexibility index (Phi) is 5.14. The number of nitrogens with zero attached hydrogens (tertiary/aromatic N) is 2. The van der Waals surface area contributed by atoms with Gasteiger partial charge in [-0.2, -0.15) is 0 Å². The first-order valence-corrected chi connectivity index (χ1v) is 9.84. The molecular formula is C22H18N2O4S. The highest BCUT2D eigenvalue weighted by molar-refractivity contribution is 7.09. The number of para-hydroxylation sites is 1. The van der Waals surface area contributed by atoms with Crippen molar-refractivity contribution in [1.82, 2.24) is 9.88 Å². The second kappa shape index (κ2) is 7.89. The number of aliphatic hydroxyl groups excluding tert-OH is 1. The van der Waals surface area contributed by atoms with Crippen molar-refractivity contribution in [3.05, 3.63) is 87.9 Å². The van der Waals surface area contributed by atoms with Gasteiger partial charge < -0.3 is 14.7 Å². The van der Waals surface area contributed by atoms with E-state index in [0.29, 0.717) is 16.9 Å². The zero-order chi connectivity index (χ0) is 20.4. The van der Waals surface area contributed by atoms with Gasteiger partial charge in [0.05, 0.1) is 30.8 Å². The Labute approximate surface area is 171 Å². The van der Waals surface area contributed by atoms with Crippen LogP contribution in [0.1, 0.15) is 22.0 Å². The topological polar surface area (TPSA) is 79.7 Å². The molecular weight excluding hydrogens is 388 g/mol. The predicted molar refractivity (Wildman–Crippen MR) is 109 cm³/mol. The number of ketones is 1. The highest BCUT2D eigenvalue weighted by Gasteiger charge is 2.46. The Bertz CT molecular complexity index is 1080. The summed E-state index contributed by atoms with van der Waals surface area (Å²) in [6, 6.07) is 13.4. The van der Waals surface area contributed by atoms with Crippen molar-refractivity contribution in [3.63, 3.8) is 0 Å². The zero-order valence-electron chi connectivity index (χ0n) is 15.6. The van der Waals surface area contributed by atoms with Gasteiger partial charge in [-0.3, -0.25) is 14.6 Å². The second-order valence-electron chi connectivity index (χ2n) is 6.49. The first kappa shape index (κ1) is 18.9. The minimum atomic E-state index is -0.740. The maximum Gasteiger partial charge on any atom is 0.295 e. The van der Waals surface area contributed by atoms with Crippen molar-refractivity contribution < 1.29 is 19.4 Å². The molecule has 1 amide bonds. The van der Waals surface area contributed by atoms with Gasteiger partial charge in [-0.05, 0) is 35.2 Å². The van der Waals surface area contributed by atoms with Crippen LogP contribution in [-0.4, -0.2) is 33.8 Å². The largest absolute Gasteiger partial charge is 0.507 e. The average Bonchev–Trinajstić information content (AvgIpc) is 3.36. The summed E-state index contributed by atoms with van der Waals surface area (Å²) in [7, 11) is 1.49. The molecule has 7 heteroatoms. The molecule has 0 aliphatic carbocycles. The van der Waals surface area contributed by atoms with Crippen molar-refractivity contribution >= 4 is 28.8 Å². The number of pyridine rings is 1. The standard InChI is InChI=1S/C22H18N2O4S/c1-28-17-9-3-2-8-16(17)20(25)18-19(14-6-4-10-23-12-14)24(22(27)21(18)26)13-15-7-5-11-29-15/h2-12,19,25H,13H2,1H3/b20-18-. The van der Waals surface area contributed by atoms with Crippen LogP contribution in [0.25, 0.3) is 5.76 Å². The fourth-order valence-electron chi connectivity index (χ4n) is 3.48. The zero-order valence-corrected chi connectivity index (χ0v) is 16.4. The number of amides is 1. The van der Waals surface area contributed by atoms with E-state index in [0.717, 1.165) is 4.88 Å². The number of carbonyl (C=O) groups excluding carboxylic acids is 2. The molecule has 2 aromatic heterocycles. The lowest BCUT2D eigenvalue weighted by atomic mass is 9.96. The summed E-state index contributed by atoms with van der Waals surface area (Å²) < 4.78 is 5.33. The summed E-state index contributed by atoms with van der Waals surface area (Å²) in [5.74, 6) is -1.22. The molecule has 1 fully saturated rings. The third-order valence-corrected chi connectivity index (χ3v) is 5.67. The van der Waals surface area contributed by atoms with Gasteiger partial charge >= 0.3 is 0 Å². The van der Waals surface area contributed by atoms with Crippen LogP contribution in [0.4, 0.5) is 0 Å². The fourth-order valence-corrected chi connectivity index (χ4v) is 4.19. The van der Waals surface area contributed by atoms with Gasteiger partial charge in [0.2, 0.25) is 0 Å². The van der Waals surface area contributed by atoms with Crippen LogP contribution in [0.5, 0.6) is 5.75 Å². The number of hydrogen-bond donors (Lipinski definition) is 1. The molecule has 29 heavy (non-hydrogen) atoms. The predicted octanol–water partition coefficient (Wildman–Crippen LogP) is 3.77. The number of aliphatic hydroxyl groups is 1. The van der Waals surface area contributed by atoms with Crippen LogP contribution >= 0.6 is 11.3 Å². The highest BCUT2D eigenvalue weighted by atomic mass is 32.1. The van der Waals surface area contributed by atoms with E-state index >= 15 is 0 Å².